The number of nitrogens with zero attached hydrogens (tertiary/aromatic N) is 1. The van der Waals surface area contributed by atoms with Gasteiger partial charge in [-0.05, 0) is 37.6 Å². The van der Waals surface area contributed by atoms with Gasteiger partial charge in [0.15, 0.2) is 0 Å². The molecule has 2 aromatic rings. The molecule has 0 spiro atoms. The first-order chi connectivity index (χ1) is 8.72. The summed E-state index contributed by atoms with van der Waals surface area (Å²) in [5, 5.41) is 0. The Morgan fingerprint density at radius 3 is 2.67 bits per heavy atom. The van der Waals surface area contributed by atoms with E-state index < -0.39 is 0 Å². The number of rotatable bonds is 4. The van der Waals surface area contributed by atoms with Gasteiger partial charge in [-0.25, -0.2) is 4.98 Å². The van der Waals surface area contributed by atoms with Gasteiger partial charge in [0.25, 0.3) is 5.56 Å². The van der Waals surface area contributed by atoms with Gasteiger partial charge in [-0.3, -0.25) is 4.79 Å². The third kappa shape index (κ3) is 2.59. The number of aromatic amines is 1. The van der Waals surface area contributed by atoms with Gasteiger partial charge >= 0.3 is 0 Å². The molecule has 0 saturated heterocycles. The molecule has 18 heavy (non-hydrogen) atoms. The summed E-state index contributed by atoms with van der Waals surface area (Å²) in [6.07, 6.45) is 2.41. The van der Waals surface area contributed by atoms with Crippen molar-refractivity contribution in [2.75, 3.05) is 6.61 Å². The Morgan fingerprint density at radius 2 is 2.00 bits per heavy atom. The summed E-state index contributed by atoms with van der Waals surface area (Å²) in [4.78, 5) is 18.3. The van der Waals surface area contributed by atoms with Crippen LogP contribution < -0.4 is 10.3 Å². The molecule has 0 bridgehead atoms. The lowest BCUT2D eigenvalue weighted by Gasteiger charge is -2.06. The number of ether oxygens (including phenoxy) is 1. The Labute approximate surface area is 106 Å². The highest BCUT2D eigenvalue weighted by Gasteiger charge is 2.06. The van der Waals surface area contributed by atoms with E-state index in [-0.39, 0.29) is 5.56 Å². The van der Waals surface area contributed by atoms with Gasteiger partial charge in [0.05, 0.1) is 18.6 Å². The summed E-state index contributed by atoms with van der Waals surface area (Å²) >= 11 is 0. The molecule has 1 heterocycles. The summed E-state index contributed by atoms with van der Waals surface area (Å²) < 4.78 is 5.51. The van der Waals surface area contributed by atoms with Gasteiger partial charge < -0.3 is 9.72 Å². The molecule has 0 aliphatic rings. The first-order valence-electron chi connectivity index (χ1n) is 6.00. The van der Waals surface area contributed by atoms with Crippen LogP contribution in [-0.2, 0) is 0 Å². The molecule has 1 N–H and O–H groups in total. The van der Waals surface area contributed by atoms with Gasteiger partial charge in [0, 0.05) is 11.1 Å². The van der Waals surface area contributed by atoms with E-state index in [4.69, 9.17) is 4.74 Å². The fraction of sp³-hybridized carbons (Fsp3) is 0.286. The van der Waals surface area contributed by atoms with Crippen LogP contribution in [0.25, 0.3) is 11.3 Å². The van der Waals surface area contributed by atoms with Gasteiger partial charge in [-0.2, -0.15) is 0 Å². The van der Waals surface area contributed by atoms with Crippen molar-refractivity contribution in [3.63, 3.8) is 0 Å². The maximum absolute atomic E-state index is 11.5. The molecule has 0 radical (unpaired) electrons. The molecule has 2 rings (SSSR count). The molecule has 0 amide bonds. The molecule has 4 nitrogen and oxygen atoms in total. The second-order valence-corrected chi connectivity index (χ2v) is 4.08. The van der Waals surface area contributed by atoms with Gasteiger partial charge in [0.1, 0.15) is 5.75 Å². The van der Waals surface area contributed by atoms with E-state index in [0.717, 1.165) is 17.7 Å². The van der Waals surface area contributed by atoms with Gasteiger partial charge in [0.2, 0.25) is 0 Å². The first kappa shape index (κ1) is 12.4. The summed E-state index contributed by atoms with van der Waals surface area (Å²) in [6.45, 7) is 4.54. The number of H-pyrrole nitrogens is 1. The number of hydrogen-bond donors (Lipinski definition) is 1. The Kier molecular flexibility index (Phi) is 3.77. The lowest BCUT2D eigenvalue weighted by Crippen LogP contribution is -2.11. The standard InChI is InChI=1S/C14H16N2O2/c1-3-8-18-12-6-4-11(5-7-12)13-10(2)14(17)16-9-15-13/h4-7,9H,3,8H2,1-2H3,(H,15,16,17). The van der Waals surface area contributed by atoms with Crippen molar-refractivity contribution in [2.45, 2.75) is 20.3 Å². The molecule has 1 aromatic heterocycles. The number of benzene rings is 1. The summed E-state index contributed by atoms with van der Waals surface area (Å²) in [5.41, 5.74) is 2.15. The van der Waals surface area contributed by atoms with E-state index in [0.29, 0.717) is 17.9 Å². The van der Waals surface area contributed by atoms with Crippen LogP contribution in [-0.4, -0.2) is 16.6 Å². The molecule has 0 atom stereocenters. The largest absolute Gasteiger partial charge is 0.494 e. The first-order valence-corrected chi connectivity index (χ1v) is 6.00. The summed E-state index contributed by atoms with van der Waals surface area (Å²) in [5.74, 6) is 0.836. The number of nitrogens with one attached hydrogen (secondary N) is 1. The zero-order valence-electron chi connectivity index (χ0n) is 10.6. The van der Waals surface area contributed by atoms with Crippen molar-refractivity contribution in [2.24, 2.45) is 0 Å². The van der Waals surface area contributed by atoms with Crippen LogP contribution in [0.2, 0.25) is 0 Å². The van der Waals surface area contributed by atoms with E-state index in [9.17, 15) is 4.79 Å². The maximum Gasteiger partial charge on any atom is 0.254 e. The molecule has 0 fully saturated rings. The monoisotopic (exact) mass is 244 g/mol. The quantitative estimate of drug-likeness (QED) is 0.899. The normalized spacial score (nSPS) is 10.3. The molecule has 0 unspecified atom stereocenters. The van der Waals surface area contributed by atoms with Gasteiger partial charge in [-0.1, -0.05) is 6.92 Å². The smallest absolute Gasteiger partial charge is 0.254 e. The lowest BCUT2D eigenvalue weighted by molar-refractivity contribution is 0.317. The second-order valence-electron chi connectivity index (χ2n) is 4.08. The molecule has 1 aromatic carbocycles. The number of hydrogen-bond acceptors (Lipinski definition) is 3. The fourth-order valence-corrected chi connectivity index (χ4v) is 1.69. The second kappa shape index (κ2) is 5.49. The minimum absolute atomic E-state index is 0.105. The predicted molar refractivity (Wildman–Crippen MR) is 70.8 cm³/mol. The van der Waals surface area contributed by atoms with E-state index in [1.807, 2.05) is 24.3 Å². The molecule has 94 valence electrons. The Morgan fingerprint density at radius 1 is 1.28 bits per heavy atom. The third-order valence-electron chi connectivity index (χ3n) is 2.69. The SMILES string of the molecule is CCCOc1ccc(-c2nc[nH]c(=O)c2C)cc1. The molecule has 4 heteroatoms. The highest BCUT2D eigenvalue weighted by Crippen LogP contribution is 2.21. The molecule has 0 aliphatic carbocycles. The van der Waals surface area contributed by atoms with Crippen molar-refractivity contribution >= 4 is 0 Å². The van der Waals surface area contributed by atoms with E-state index in [1.165, 1.54) is 6.33 Å². The summed E-state index contributed by atoms with van der Waals surface area (Å²) in [7, 11) is 0. The van der Waals surface area contributed by atoms with E-state index in [1.54, 1.807) is 6.92 Å². The highest BCUT2D eigenvalue weighted by atomic mass is 16.5. The van der Waals surface area contributed by atoms with Crippen LogP contribution in [0.15, 0.2) is 35.4 Å². The van der Waals surface area contributed by atoms with Crippen molar-refractivity contribution in [3.8, 4) is 17.0 Å². The predicted octanol–water partition coefficient (Wildman–Crippen LogP) is 2.53. The maximum atomic E-state index is 11.5. The van der Waals surface area contributed by atoms with E-state index >= 15 is 0 Å². The van der Waals surface area contributed by atoms with Crippen molar-refractivity contribution in [1.29, 1.82) is 0 Å². The van der Waals surface area contributed by atoms with Gasteiger partial charge in [-0.15, -0.1) is 0 Å². The molecular weight excluding hydrogens is 228 g/mol. The van der Waals surface area contributed by atoms with Crippen molar-refractivity contribution < 1.29 is 4.74 Å². The van der Waals surface area contributed by atoms with Crippen LogP contribution in [0.1, 0.15) is 18.9 Å². The fourth-order valence-electron chi connectivity index (χ4n) is 1.69. The van der Waals surface area contributed by atoms with Crippen LogP contribution in [0.5, 0.6) is 5.75 Å². The Balaban J connectivity index is 2.29. The number of aromatic nitrogens is 2. The van der Waals surface area contributed by atoms with Crippen LogP contribution in [0, 0.1) is 6.92 Å². The highest BCUT2D eigenvalue weighted by molar-refractivity contribution is 5.62. The molecular formula is C14H16N2O2. The third-order valence-corrected chi connectivity index (χ3v) is 2.69. The van der Waals surface area contributed by atoms with E-state index in [2.05, 4.69) is 16.9 Å². The average Bonchev–Trinajstić information content (AvgIpc) is 2.40. The summed E-state index contributed by atoms with van der Waals surface area (Å²) in [6, 6.07) is 7.63. The molecule has 0 saturated carbocycles. The zero-order chi connectivity index (χ0) is 13.0. The van der Waals surface area contributed by atoms with Crippen LogP contribution in [0.3, 0.4) is 0 Å². The zero-order valence-corrected chi connectivity index (χ0v) is 10.6. The minimum atomic E-state index is -0.105. The van der Waals surface area contributed by atoms with Crippen molar-refractivity contribution in [3.05, 3.63) is 46.5 Å². The topological polar surface area (TPSA) is 55.0 Å². The Hall–Kier alpha value is -2.10. The average molecular weight is 244 g/mol. The van der Waals surface area contributed by atoms with Crippen molar-refractivity contribution in [1.82, 2.24) is 9.97 Å². The van der Waals surface area contributed by atoms with Crippen LogP contribution in [0.4, 0.5) is 0 Å². The molecule has 0 aliphatic heterocycles. The Bertz CT molecular complexity index is 573. The van der Waals surface area contributed by atoms with Crippen LogP contribution >= 0.6 is 0 Å². The lowest BCUT2D eigenvalue weighted by atomic mass is 10.1. The minimum Gasteiger partial charge on any atom is -0.494 e.